The molecule has 0 bridgehead atoms. The molecular weight excluding hydrogens is 224 g/mol. The van der Waals surface area contributed by atoms with Crippen molar-refractivity contribution in [3.05, 3.63) is 30.2 Å². The monoisotopic (exact) mass is 243 g/mol. The molecule has 17 heavy (non-hydrogen) atoms. The van der Waals surface area contributed by atoms with Gasteiger partial charge in [0.1, 0.15) is 5.82 Å². The van der Waals surface area contributed by atoms with Gasteiger partial charge in [-0.15, -0.1) is 0 Å². The van der Waals surface area contributed by atoms with Crippen molar-refractivity contribution in [2.45, 2.75) is 33.6 Å². The largest absolute Gasteiger partial charge is 0.382 e. The highest BCUT2D eigenvalue weighted by atomic mass is 19.3. The maximum Gasteiger partial charge on any atom is 0.266 e. The van der Waals surface area contributed by atoms with Crippen LogP contribution < -0.4 is 5.73 Å². The van der Waals surface area contributed by atoms with Crippen molar-refractivity contribution in [2.24, 2.45) is 5.92 Å². The lowest BCUT2D eigenvalue weighted by Gasteiger charge is -2.15. The molecule has 1 aromatic rings. The van der Waals surface area contributed by atoms with Crippen LogP contribution in [0.2, 0.25) is 0 Å². The lowest BCUT2D eigenvalue weighted by molar-refractivity contribution is 0.420. The first kappa shape index (κ1) is 15.5. The number of anilines is 1. The van der Waals surface area contributed by atoms with E-state index in [1.165, 1.54) is 6.92 Å². The van der Waals surface area contributed by atoms with Crippen LogP contribution in [0, 0.1) is 5.92 Å². The minimum absolute atomic E-state index is 0.374. The Hall–Kier alpha value is -1.52. The summed E-state index contributed by atoms with van der Waals surface area (Å²) in [6, 6.07) is 0. The molecule has 0 spiro atoms. The van der Waals surface area contributed by atoms with Crippen molar-refractivity contribution >= 4 is 5.82 Å². The fourth-order valence-electron chi connectivity index (χ4n) is 1.03. The Bertz CT molecular complexity index is 361. The second-order valence-electron chi connectivity index (χ2n) is 3.94. The third-order valence-corrected chi connectivity index (χ3v) is 2.41. The van der Waals surface area contributed by atoms with Crippen LogP contribution in [0.3, 0.4) is 0 Å². The highest BCUT2D eigenvalue weighted by Gasteiger charge is 2.14. The summed E-state index contributed by atoms with van der Waals surface area (Å²) in [7, 11) is 0. The van der Waals surface area contributed by atoms with Gasteiger partial charge < -0.3 is 5.73 Å². The molecule has 1 aromatic heterocycles. The Morgan fingerprint density at radius 3 is 2.06 bits per heavy atom. The van der Waals surface area contributed by atoms with Crippen LogP contribution in [-0.4, -0.2) is 9.97 Å². The average molecular weight is 243 g/mol. The highest BCUT2D eigenvalue weighted by molar-refractivity contribution is 5.35. The molecule has 0 aliphatic heterocycles. The maximum absolute atomic E-state index is 10.6. The van der Waals surface area contributed by atoms with Crippen molar-refractivity contribution < 1.29 is 8.78 Å². The summed E-state index contributed by atoms with van der Waals surface area (Å²) in [5, 5.41) is 0. The van der Waals surface area contributed by atoms with Crippen LogP contribution in [0.25, 0.3) is 0 Å². The predicted octanol–water partition coefficient (Wildman–Crippen LogP) is 3.61. The summed E-state index contributed by atoms with van der Waals surface area (Å²) in [5.74, 6) is 1.47. The number of rotatable bonds is 2. The minimum Gasteiger partial charge on any atom is -0.382 e. The summed E-state index contributed by atoms with van der Waals surface area (Å²) in [4.78, 5) is 8.21. The standard InChI is InChI=1S/C9H15N3.C3H4F2/c1-6(2)7(3)8-9(10)12-5-4-11-8;1-2-3(4)5/h4-7H,1-3H3,(H2,10,12);2H,1H3. The number of hydrogen-bond acceptors (Lipinski definition) is 3. The van der Waals surface area contributed by atoms with Gasteiger partial charge in [-0.25, -0.2) is 4.98 Å². The lowest BCUT2D eigenvalue weighted by atomic mass is 9.94. The molecule has 3 nitrogen and oxygen atoms in total. The lowest BCUT2D eigenvalue weighted by Crippen LogP contribution is -2.08. The van der Waals surface area contributed by atoms with Crippen molar-refractivity contribution in [2.75, 3.05) is 5.73 Å². The molecule has 1 atom stereocenters. The van der Waals surface area contributed by atoms with Crippen molar-refractivity contribution in [3.63, 3.8) is 0 Å². The zero-order valence-corrected chi connectivity index (χ0v) is 10.6. The minimum atomic E-state index is -1.62. The van der Waals surface area contributed by atoms with Crippen LogP contribution in [0.4, 0.5) is 14.6 Å². The van der Waals surface area contributed by atoms with E-state index in [9.17, 15) is 8.78 Å². The van der Waals surface area contributed by atoms with Crippen LogP contribution in [0.1, 0.15) is 39.3 Å². The second kappa shape index (κ2) is 7.70. The number of nitrogens with two attached hydrogens (primary N) is 1. The maximum atomic E-state index is 10.6. The number of halogens is 2. The summed E-state index contributed by atoms with van der Waals surface area (Å²) in [5.41, 5.74) is 6.60. The number of allylic oxidation sites excluding steroid dienone is 1. The molecule has 0 saturated heterocycles. The Morgan fingerprint density at radius 2 is 1.71 bits per heavy atom. The second-order valence-corrected chi connectivity index (χ2v) is 3.94. The number of nitrogen functional groups attached to an aromatic ring is 1. The van der Waals surface area contributed by atoms with Gasteiger partial charge >= 0.3 is 0 Å². The number of aromatic nitrogens is 2. The topological polar surface area (TPSA) is 51.8 Å². The first-order valence-electron chi connectivity index (χ1n) is 5.43. The van der Waals surface area contributed by atoms with Gasteiger partial charge in [0.15, 0.2) is 0 Å². The van der Waals surface area contributed by atoms with Crippen LogP contribution in [0.15, 0.2) is 24.6 Å². The molecule has 0 aromatic carbocycles. The molecule has 1 rings (SSSR count). The van der Waals surface area contributed by atoms with Crippen LogP contribution >= 0.6 is 0 Å². The van der Waals surface area contributed by atoms with Crippen molar-refractivity contribution in [1.82, 2.24) is 9.97 Å². The highest BCUT2D eigenvalue weighted by Crippen LogP contribution is 2.24. The van der Waals surface area contributed by atoms with Crippen LogP contribution in [-0.2, 0) is 0 Å². The summed E-state index contributed by atoms with van der Waals surface area (Å²) >= 11 is 0. The van der Waals surface area contributed by atoms with E-state index in [1.54, 1.807) is 12.4 Å². The van der Waals surface area contributed by atoms with E-state index in [2.05, 4.69) is 30.7 Å². The molecule has 0 aliphatic rings. The first-order valence-corrected chi connectivity index (χ1v) is 5.43. The van der Waals surface area contributed by atoms with Gasteiger partial charge in [0.2, 0.25) is 0 Å². The zero-order chi connectivity index (χ0) is 13.4. The molecule has 0 fully saturated rings. The molecule has 0 aliphatic carbocycles. The van der Waals surface area contributed by atoms with Gasteiger partial charge in [0.25, 0.3) is 6.08 Å². The smallest absolute Gasteiger partial charge is 0.266 e. The molecule has 1 heterocycles. The van der Waals surface area contributed by atoms with Crippen LogP contribution in [0.5, 0.6) is 0 Å². The Morgan fingerprint density at radius 1 is 1.24 bits per heavy atom. The third-order valence-electron chi connectivity index (χ3n) is 2.41. The Balaban J connectivity index is 0.000000437. The van der Waals surface area contributed by atoms with E-state index in [4.69, 9.17) is 5.73 Å². The van der Waals surface area contributed by atoms with Gasteiger partial charge in [-0.05, 0) is 18.9 Å². The molecule has 96 valence electrons. The fraction of sp³-hybridized carbons (Fsp3) is 0.500. The normalized spacial score (nSPS) is 11.5. The van der Waals surface area contributed by atoms with E-state index in [0.717, 1.165) is 11.8 Å². The molecule has 0 saturated carbocycles. The number of hydrogen-bond donors (Lipinski definition) is 1. The first-order chi connectivity index (χ1) is 7.90. The molecule has 0 radical (unpaired) electrons. The van der Waals surface area contributed by atoms with E-state index >= 15 is 0 Å². The zero-order valence-electron chi connectivity index (χ0n) is 10.6. The van der Waals surface area contributed by atoms with Gasteiger partial charge in [0, 0.05) is 18.3 Å². The fourth-order valence-corrected chi connectivity index (χ4v) is 1.03. The summed E-state index contributed by atoms with van der Waals surface area (Å²) in [6.07, 6.45) is 2.43. The van der Waals surface area contributed by atoms with E-state index in [1.807, 2.05) is 0 Å². The quantitative estimate of drug-likeness (QED) is 0.863. The van der Waals surface area contributed by atoms with Crippen molar-refractivity contribution in [3.8, 4) is 0 Å². The summed E-state index contributed by atoms with van der Waals surface area (Å²) in [6.45, 7) is 7.71. The third kappa shape index (κ3) is 5.94. The SMILES string of the molecule is CC(C)C(C)c1nccnc1N.CC=C(F)F. The molecule has 1 unspecified atom stereocenters. The molecule has 0 amide bonds. The Kier molecular flexibility index (Phi) is 7.02. The van der Waals surface area contributed by atoms with E-state index in [0.29, 0.717) is 17.7 Å². The predicted molar refractivity (Wildman–Crippen MR) is 65.7 cm³/mol. The Labute approximate surface area is 101 Å². The molecular formula is C12H19F2N3. The van der Waals surface area contributed by atoms with Crippen molar-refractivity contribution in [1.29, 1.82) is 0 Å². The molecule has 5 heteroatoms. The number of nitrogens with zero attached hydrogens (tertiary/aromatic N) is 2. The van der Waals surface area contributed by atoms with Gasteiger partial charge in [0.05, 0.1) is 5.69 Å². The van der Waals surface area contributed by atoms with E-state index < -0.39 is 6.08 Å². The van der Waals surface area contributed by atoms with E-state index in [-0.39, 0.29) is 0 Å². The van der Waals surface area contributed by atoms with Gasteiger partial charge in [-0.3, -0.25) is 4.98 Å². The summed E-state index contributed by atoms with van der Waals surface area (Å²) < 4.78 is 21.2. The van der Waals surface area contributed by atoms with Gasteiger partial charge in [-0.2, -0.15) is 8.78 Å². The van der Waals surface area contributed by atoms with Gasteiger partial charge in [-0.1, -0.05) is 20.8 Å². The average Bonchev–Trinajstić information content (AvgIpc) is 2.29. The molecule has 2 N–H and O–H groups in total.